The van der Waals surface area contributed by atoms with Gasteiger partial charge in [-0.3, -0.25) is 14.4 Å². The van der Waals surface area contributed by atoms with Crippen LogP contribution >= 0.6 is 11.5 Å². The number of nitrogens with zero attached hydrogens (tertiary/aromatic N) is 2. The fourth-order valence-corrected chi connectivity index (χ4v) is 5.32. The number of benzene rings is 1. The number of hydrogen-bond donors (Lipinski definition) is 3. The quantitative estimate of drug-likeness (QED) is 0.359. The zero-order chi connectivity index (χ0) is 27.8. The summed E-state index contributed by atoms with van der Waals surface area (Å²) in [6.45, 7) is 0.169. The van der Waals surface area contributed by atoms with Crippen molar-refractivity contribution >= 4 is 34.9 Å². The molecule has 3 amide bonds. The molecule has 0 radical (unpaired) electrons. The normalized spacial score (nSPS) is 14.4. The van der Waals surface area contributed by atoms with Gasteiger partial charge in [-0.25, -0.2) is 0 Å². The molecule has 0 spiro atoms. The van der Waals surface area contributed by atoms with Crippen molar-refractivity contribution < 1.29 is 33.3 Å². The van der Waals surface area contributed by atoms with Crippen LogP contribution < -0.4 is 31.0 Å². The van der Waals surface area contributed by atoms with Gasteiger partial charge in [0, 0.05) is 19.7 Å². The summed E-state index contributed by atoms with van der Waals surface area (Å²) in [5.74, 6) is -0.833. The summed E-state index contributed by atoms with van der Waals surface area (Å²) >= 11 is 0.747. The van der Waals surface area contributed by atoms with Gasteiger partial charge in [0.1, 0.15) is 10.9 Å². The lowest BCUT2D eigenvalue weighted by molar-refractivity contribution is -0.127. The third-order valence-electron chi connectivity index (χ3n) is 6.47. The first-order valence-electron chi connectivity index (χ1n) is 12.2. The molecule has 0 bridgehead atoms. The number of aromatic nitrogens is 1. The second kappa shape index (κ2) is 13.3. The van der Waals surface area contributed by atoms with E-state index in [1.807, 2.05) is 0 Å². The van der Waals surface area contributed by atoms with Crippen LogP contribution in [-0.2, 0) is 9.53 Å². The molecule has 1 heterocycles. The first-order valence-corrected chi connectivity index (χ1v) is 13.0. The molecular weight excluding hydrogens is 514 g/mol. The molecular formula is C25H35N5O7S. The molecule has 1 fully saturated rings. The molecule has 38 heavy (non-hydrogen) atoms. The zero-order valence-corrected chi connectivity index (χ0v) is 22.9. The summed E-state index contributed by atoms with van der Waals surface area (Å²) in [4.78, 5) is 40.9. The van der Waals surface area contributed by atoms with E-state index in [0.717, 1.165) is 43.6 Å². The van der Waals surface area contributed by atoms with Gasteiger partial charge in [0.15, 0.2) is 17.2 Å². The number of hydrogen-bond acceptors (Lipinski definition) is 10. The van der Waals surface area contributed by atoms with Gasteiger partial charge in [-0.2, -0.15) is 4.37 Å². The third-order valence-corrected chi connectivity index (χ3v) is 7.32. The van der Waals surface area contributed by atoms with Gasteiger partial charge in [-0.15, -0.1) is 0 Å². The van der Waals surface area contributed by atoms with E-state index >= 15 is 0 Å². The van der Waals surface area contributed by atoms with E-state index in [-0.39, 0.29) is 41.4 Å². The molecule has 1 aromatic carbocycles. The number of rotatable bonds is 12. The summed E-state index contributed by atoms with van der Waals surface area (Å²) < 4.78 is 25.7. The first kappa shape index (κ1) is 29.0. The highest BCUT2D eigenvalue weighted by Gasteiger charge is 2.36. The van der Waals surface area contributed by atoms with E-state index in [1.54, 1.807) is 12.1 Å². The van der Waals surface area contributed by atoms with Crippen LogP contribution in [0.5, 0.6) is 17.2 Å². The van der Waals surface area contributed by atoms with Crippen LogP contribution in [0.25, 0.3) is 0 Å². The SMILES string of the molecule is COCCN(C(=O)c1snc(C(N)=O)c1N)[C@H](C(=O)NC1CCCCC1)c1cc(OC)c(OC)c(OC)c1. The maximum atomic E-state index is 13.9. The van der Waals surface area contributed by atoms with E-state index < -0.39 is 17.9 Å². The number of nitrogen functional groups attached to an aromatic ring is 1. The molecule has 0 unspecified atom stereocenters. The van der Waals surface area contributed by atoms with Gasteiger partial charge >= 0.3 is 0 Å². The predicted octanol–water partition coefficient (Wildman–Crippen LogP) is 2.13. The Hall–Kier alpha value is -3.58. The Morgan fingerprint density at radius 1 is 1.08 bits per heavy atom. The lowest BCUT2D eigenvalue weighted by Crippen LogP contribution is -2.48. The maximum Gasteiger partial charge on any atom is 0.270 e. The average Bonchev–Trinajstić information content (AvgIpc) is 3.31. The van der Waals surface area contributed by atoms with Gasteiger partial charge in [0.2, 0.25) is 11.7 Å². The van der Waals surface area contributed by atoms with E-state index in [2.05, 4.69) is 9.69 Å². The largest absolute Gasteiger partial charge is 0.493 e. The zero-order valence-electron chi connectivity index (χ0n) is 22.1. The van der Waals surface area contributed by atoms with E-state index in [9.17, 15) is 14.4 Å². The molecule has 0 saturated heterocycles. The van der Waals surface area contributed by atoms with Gasteiger partial charge in [0.25, 0.3) is 11.8 Å². The van der Waals surface area contributed by atoms with Gasteiger partial charge in [0.05, 0.1) is 33.6 Å². The number of nitrogens with two attached hydrogens (primary N) is 2. The lowest BCUT2D eigenvalue weighted by Gasteiger charge is -2.33. The van der Waals surface area contributed by atoms with Crippen molar-refractivity contribution in [3.63, 3.8) is 0 Å². The number of ether oxygens (including phenoxy) is 4. The Labute approximate surface area is 225 Å². The highest BCUT2D eigenvalue weighted by Crippen LogP contribution is 2.41. The number of primary amides is 1. The Morgan fingerprint density at radius 3 is 2.21 bits per heavy atom. The summed E-state index contributed by atoms with van der Waals surface area (Å²) in [7, 11) is 5.90. The van der Waals surface area contributed by atoms with Crippen LogP contribution in [0.1, 0.15) is 63.9 Å². The van der Waals surface area contributed by atoms with Gasteiger partial charge < -0.3 is 40.6 Å². The van der Waals surface area contributed by atoms with Crippen LogP contribution in [-0.4, -0.2) is 74.6 Å². The van der Waals surface area contributed by atoms with Crippen molar-refractivity contribution in [2.75, 3.05) is 47.3 Å². The van der Waals surface area contributed by atoms with Gasteiger partial charge in [-0.05, 0) is 42.1 Å². The fraction of sp³-hybridized carbons (Fsp3) is 0.520. The Kier molecular flexibility index (Phi) is 10.1. The van der Waals surface area contributed by atoms with Crippen molar-refractivity contribution in [3.8, 4) is 17.2 Å². The molecule has 208 valence electrons. The molecule has 1 aromatic heterocycles. The molecule has 5 N–H and O–H groups in total. The molecule has 2 aromatic rings. The van der Waals surface area contributed by atoms with Gasteiger partial charge in [-0.1, -0.05) is 19.3 Å². The average molecular weight is 550 g/mol. The standard InChI is InChI=1S/C25H35N5O7S/c1-34-11-10-30(25(33)22-18(26)19(23(27)31)29-38-22)20(24(32)28-15-8-6-5-7-9-15)14-12-16(35-2)21(37-4)17(13-14)36-3/h12-13,15,20H,5-11,26H2,1-4H3,(H2,27,31)(H,28,32)/t20-/m0/s1. The van der Waals surface area contributed by atoms with Crippen LogP contribution in [0.3, 0.4) is 0 Å². The molecule has 1 aliphatic carbocycles. The summed E-state index contributed by atoms with van der Waals surface area (Å²) in [6.07, 6.45) is 4.85. The minimum Gasteiger partial charge on any atom is -0.493 e. The number of carbonyl (C=O) groups is 3. The van der Waals surface area contributed by atoms with Crippen LogP contribution in [0.2, 0.25) is 0 Å². The molecule has 0 aliphatic heterocycles. The number of carbonyl (C=O) groups excluding carboxylic acids is 3. The lowest BCUT2D eigenvalue weighted by atomic mass is 9.94. The molecule has 13 heteroatoms. The van der Waals surface area contributed by atoms with Crippen molar-refractivity contribution in [2.24, 2.45) is 5.73 Å². The van der Waals surface area contributed by atoms with Crippen molar-refractivity contribution in [3.05, 3.63) is 28.3 Å². The fourth-order valence-electron chi connectivity index (χ4n) is 4.56. The van der Waals surface area contributed by atoms with E-state index in [0.29, 0.717) is 22.8 Å². The predicted molar refractivity (Wildman–Crippen MR) is 142 cm³/mol. The smallest absolute Gasteiger partial charge is 0.270 e. The molecule has 1 atom stereocenters. The molecule has 1 aliphatic rings. The third kappa shape index (κ3) is 6.27. The van der Waals surface area contributed by atoms with E-state index in [1.165, 1.54) is 33.3 Å². The Bertz CT molecular complexity index is 1120. The Morgan fingerprint density at radius 2 is 1.71 bits per heavy atom. The highest BCUT2D eigenvalue weighted by atomic mass is 32.1. The highest BCUT2D eigenvalue weighted by molar-refractivity contribution is 7.09. The topological polar surface area (TPSA) is 168 Å². The minimum absolute atomic E-state index is 0.00203. The number of anilines is 1. The van der Waals surface area contributed by atoms with Crippen LogP contribution in [0, 0.1) is 0 Å². The number of methoxy groups -OCH3 is 4. The second-order valence-electron chi connectivity index (χ2n) is 8.83. The van der Waals surface area contributed by atoms with Crippen LogP contribution in [0.4, 0.5) is 5.69 Å². The minimum atomic E-state index is -1.12. The summed E-state index contributed by atoms with van der Waals surface area (Å²) in [5.41, 5.74) is 11.5. The van der Waals surface area contributed by atoms with Crippen molar-refractivity contribution in [1.82, 2.24) is 14.6 Å². The summed E-state index contributed by atoms with van der Waals surface area (Å²) in [6, 6.07) is 2.12. The summed E-state index contributed by atoms with van der Waals surface area (Å²) in [5, 5.41) is 3.12. The van der Waals surface area contributed by atoms with Crippen LogP contribution in [0.15, 0.2) is 12.1 Å². The molecule has 3 rings (SSSR count). The Balaban J connectivity index is 2.14. The molecule has 12 nitrogen and oxygen atoms in total. The first-order chi connectivity index (χ1) is 18.3. The van der Waals surface area contributed by atoms with Crippen molar-refractivity contribution in [2.45, 2.75) is 44.2 Å². The second-order valence-corrected chi connectivity index (χ2v) is 9.61. The van der Waals surface area contributed by atoms with Crippen molar-refractivity contribution in [1.29, 1.82) is 0 Å². The monoisotopic (exact) mass is 549 g/mol. The molecule has 1 saturated carbocycles. The maximum absolute atomic E-state index is 13.9. The number of amides is 3. The number of nitrogens with one attached hydrogen (secondary N) is 1. The van der Waals surface area contributed by atoms with E-state index in [4.69, 9.17) is 30.4 Å².